The highest BCUT2D eigenvalue weighted by atomic mass is 19.1. The predicted octanol–water partition coefficient (Wildman–Crippen LogP) is 1.22. The van der Waals surface area contributed by atoms with Crippen molar-refractivity contribution in [3.63, 3.8) is 0 Å². The van der Waals surface area contributed by atoms with Crippen molar-refractivity contribution in [3.05, 3.63) is 24.0 Å². The van der Waals surface area contributed by atoms with E-state index in [1.54, 1.807) is 11.0 Å². The minimum atomic E-state index is -0.617. The number of nitrogens with one attached hydrogen (secondary N) is 1. The van der Waals surface area contributed by atoms with Gasteiger partial charge in [-0.2, -0.15) is 0 Å². The van der Waals surface area contributed by atoms with Crippen LogP contribution in [0, 0.1) is 5.82 Å². The normalized spacial score (nSPS) is 18.8. The minimum Gasteiger partial charge on any atom is -0.487 e. The number of esters is 1. The molecule has 3 amide bonds. The summed E-state index contributed by atoms with van der Waals surface area (Å²) in [7, 11) is 0. The second kappa shape index (κ2) is 10.3. The van der Waals surface area contributed by atoms with Crippen LogP contribution in [0.15, 0.2) is 18.2 Å². The zero-order valence-corrected chi connectivity index (χ0v) is 18.0. The van der Waals surface area contributed by atoms with Crippen molar-refractivity contribution in [1.82, 2.24) is 10.2 Å². The molecule has 1 aromatic rings. The largest absolute Gasteiger partial charge is 0.487 e. The van der Waals surface area contributed by atoms with Crippen LogP contribution in [0.3, 0.4) is 0 Å². The van der Waals surface area contributed by atoms with E-state index in [1.165, 1.54) is 30.9 Å². The van der Waals surface area contributed by atoms with Gasteiger partial charge in [-0.25, -0.2) is 9.18 Å². The Morgan fingerprint density at radius 1 is 1.22 bits per heavy atom. The molecule has 2 fully saturated rings. The van der Waals surface area contributed by atoms with Crippen molar-refractivity contribution < 1.29 is 37.8 Å². The molecule has 1 aromatic carbocycles. The third kappa shape index (κ3) is 6.08. The Hall–Kier alpha value is -3.37. The molecule has 2 heterocycles. The summed E-state index contributed by atoms with van der Waals surface area (Å²) in [5.41, 5.74) is 0.330. The molecule has 0 radical (unpaired) electrons. The van der Waals surface area contributed by atoms with Crippen LogP contribution in [-0.2, 0) is 23.9 Å². The number of hydrogen-bond donors (Lipinski definition) is 1. The number of carbonyl (C=O) groups is 4. The van der Waals surface area contributed by atoms with Crippen LogP contribution in [0.5, 0.6) is 5.75 Å². The average molecular weight is 451 g/mol. The summed E-state index contributed by atoms with van der Waals surface area (Å²) in [5.74, 6) is -1.58. The Kier molecular flexibility index (Phi) is 7.49. The number of piperidine rings is 1. The van der Waals surface area contributed by atoms with Crippen LogP contribution in [-0.4, -0.2) is 73.8 Å². The van der Waals surface area contributed by atoms with Crippen molar-refractivity contribution in [2.45, 2.75) is 38.9 Å². The van der Waals surface area contributed by atoms with Gasteiger partial charge in [0.15, 0.2) is 18.2 Å². The van der Waals surface area contributed by atoms with E-state index in [1.807, 2.05) is 0 Å². The molecule has 0 saturated carbocycles. The topological polar surface area (TPSA) is 114 Å². The second-order valence-corrected chi connectivity index (χ2v) is 7.65. The molecule has 0 aliphatic carbocycles. The van der Waals surface area contributed by atoms with E-state index in [0.29, 0.717) is 31.6 Å². The molecule has 2 saturated heterocycles. The smallest absolute Gasteiger partial charge is 0.414 e. The predicted molar refractivity (Wildman–Crippen MR) is 110 cm³/mol. The van der Waals surface area contributed by atoms with Gasteiger partial charge in [-0.15, -0.1) is 0 Å². The van der Waals surface area contributed by atoms with Crippen LogP contribution in [0.25, 0.3) is 0 Å². The van der Waals surface area contributed by atoms with Crippen molar-refractivity contribution in [2.75, 3.05) is 37.7 Å². The first-order valence-electron chi connectivity index (χ1n) is 10.3. The number of cyclic esters (lactones) is 1. The molecule has 2 aliphatic heterocycles. The number of benzene rings is 1. The molecule has 0 unspecified atom stereocenters. The van der Waals surface area contributed by atoms with E-state index in [4.69, 9.17) is 14.2 Å². The van der Waals surface area contributed by atoms with Gasteiger partial charge >= 0.3 is 12.1 Å². The molecular weight excluding hydrogens is 425 g/mol. The van der Waals surface area contributed by atoms with Gasteiger partial charge in [-0.1, -0.05) is 0 Å². The van der Waals surface area contributed by atoms with E-state index >= 15 is 0 Å². The lowest BCUT2D eigenvalue weighted by Crippen LogP contribution is -2.43. The molecular formula is C21H26FN3O7. The van der Waals surface area contributed by atoms with Crippen molar-refractivity contribution in [1.29, 1.82) is 0 Å². The highest BCUT2D eigenvalue weighted by molar-refractivity contribution is 5.90. The molecule has 3 rings (SSSR count). The van der Waals surface area contributed by atoms with Crippen LogP contribution < -0.4 is 15.0 Å². The summed E-state index contributed by atoms with van der Waals surface area (Å²) in [6.45, 7) is 3.53. The third-order valence-corrected chi connectivity index (χ3v) is 5.17. The minimum absolute atomic E-state index is 0.0563. The van der Waals surface area contributed by atoms with Crippen molar-refractivity contribution >= 4 is 29.6 Å². The molecule has 1 atom stereocenters. The molecule has 0 bridgehead atoms. The van der Waals surface area contributed by atoms with Gasteiger partial charge in [0.2, 0.25) is 5.91 Å². The number of hydrogen-bond acceptors (Lipinski definition) is 7. The first-order valence-corrected chi connectivity index (χ1v) is 10.3. The Labute approximate surface area is 184 Å². The average Bonchev–Trinajstić information content (AvgIpc) is 3.13. The Balaban J connectivity index is 1.52. The van der Waals surface area contributed by atoms with Crippen LogP contribution in [0.4, 0.5) is 14.9 Å². The van der Waals surface area contributed by atoms with E-state index in [0.717, 1.165) is 0 Å². The number of likely N-dealkylation sites (tertiary alicyclic amines) is 1. The van der Waals surface area contributed by atoms with Crippen LogP contribution in [0.1, 0.15) is 26.7 Å². The van der Waals surface area contributed by atoms with Gasteiger partial charge in [0, 0.05) is 45.8 Å². The number of rotatable bonds is 7. The fraction of sp³-hybridized carbons (Fsp3) is 0.524. The molecule has 174 valence electrons. The lowest BCUT2D eigenvalue weighted by molar-refractivity contribution is -0.151. The molecule has 32 heavy (non-hydrogen) atoms. The Bertz CT molecular complexity index is 886. The summed E-state index contributed by atoms with van der Waals surface area (Å²) in [6.07, 6.45) is -0.378. The van der Waals surface area contributed by atoms with E-state index in [-0.39, 0.29) is 43.4 Å². The maximum Gasteiger partial charge on any atom is 0.414 e. The Morgan fingerprint density at radius 3 is 2.56 bits per heavy atom. The van der Waals surface area contributed by atoms with Crippen LogP contribution >= 0.6 is 0 Å². The number of ether oxygens (including phenoxy) is 3. The number of nitrogens with zero attached hydrogens (tertiary/aromatic N) is 2. The number of carbonyl (C=O) groups excluding carboxylic acids is 4. The van der Waals surface area contributed by atoms with E-state index < -0.39 is 24.0 Å². The zero-order chi connectivity index (χ0) is 23.3. The van der Waals surface area contributed by atoms with Crippen molar-refractivity contribution in [2.24, 2.45) is 0 Å². The van der Waals surface area contributed by atoms with E-state index in [9.17, 15) is 23.6 Å². The third-order valence-electron chi connectivity index (χ3n) is 5.17. The van der Waals surface area contributed by atoms with Gasteiger partial charge in [-0.05, 0) is 12.1 Å². The van der Waals surface area contributed by atoms with Gasteiger partial charge in [0.1, 0.15) is 12.2 Å². The van der Waals surface area contributed by atoms with Crippen molar-refractivity contribution in [3.8, 4) is 5.75 Å². The monoisotopic (exact) mass is 451 g/mol. The first kappa shape index (κ1) is 23.3. The quantitative estimate of drug-likeness (QED) is 0.620. The van der Waals surface area contributed by atoms with Gasteiger partial charge < -0.3 is 24.4 Å². The summed E-state index contributed by atoms with van der Waals surface area (Å²) >= 11 is 0. The lowest BCUT2D eigenvalue weighted by atomic mass is 10.1. The number of halogens is 1. The summed E-state index contributed by atoms with van der Waals surface area (Å²) < 4.78 is 30.3. The molecule has 0 aromatic heterocycles. The second-order valence-electron chi connectivity index (χ2n) is 7.65. The first-order chi connectivity index (χ1) is 15.2. The lowest BCUT2D eigenvalue weighted by Gasteiger charge is -2.32. The molecule has 0 spiro atoms. The molecule has 1 N–H and O–H groups in total. The summed E-state index contributed by atoms with van der Waals surface area (Å²) in [6, 6.07) is 4.23. The molecule has 2 aliphatic rings. The zero-order valence-electron chi connectivity index (χ0n) is 18.0. The highest BCUT2D eigenvalue weighted by Crippen LogP contribution is 2.29. The summed E-state index contributed by atoms with van der Waals surface area (Å²) in [5, 5.41) is 2.58. The summed E-state index contributed by atoms with van der Waals surface area (Å²) in [4.78, 5) is 48.8. The number of amides is 3. The number of anilines is 1. The highest BCUT2D eigenvalue weighted by Gasteiger charge is 2.33. The Morgan fingerprint density at radius 2 is 1.94 bits per heavy atom. The van der Waals surface area contributed by atoms with Gasteiger partial charge in [0.25, 0.3) is 5.91 Å². The molecule has 11 heteroatoms. The fourth-order valence-electron chi connectivity index (χ4n) is 3.51. The standard InChI is InChI=1S/C21H26FN3O7/c1-13(26)23-10-17-11-25(21(29)32-17)15-3-4-19(18(22)9-15)31-16-5-7-24(8-6-16)20(28)12-30-14(2)27/h3-4,9,16-17H,5-8,10-12H2,1-2H3,(H,23,26)/t17-/m0/s1. The maximum absolute atomic E-state index is 14.6. The maximum atomic E-state index is 14.6. The fourth-order valence-corrected chi connectivity index (χ4v) is 3.51. The molecule has 10 nitrogen and oxygen atoms in total. The van der Waals surface area contributed by atoms with E-state index in [2.05, 4.69) is 5.32 Å². The van der Waals surface area contributed by atoms with Crippen LogP contribution in [0.2, 0.25) is 0 Å². The van der Waals surface area contributed by atoms with Gasteiger partial charge in [-0.3, -0.25) is 19.3 Å². The van der Waals surface area contributed by atoms with Gasteiger partial charge in [0.05, 0.1) is 18.8 Å². The SMILES string of the molecule is CC(=O)NC[C@H]1CN(c2ccc(OC3CCN(C(=O)COC(C)=O)CC3)c(F)c2)C(=O)O1.